The number of nitrogens with zero attached hydrogens (tertiary/aromatic N) is 2. The maximum Gasteiger partial charge on any atom is 0.159 e. The van der Waals surface area contributed by atoms with E-state index in [-0.39, 0.29) is 0 Å². The molecule has 0 amide bonds. The minimum absolute atomic E-state index is 0.305. The maximum absolute atomic E-state index is 6.43. The van der Waals surface area contributed by atoms with Crippen molar-refractivity contribution in [2.24, 2.45) is 0 Å². The van der Waals surface area contributed by atoms with E-state index in [1.807, 2.05) is 0 Å². The molecule has 3 aliphatic rings. The SMILES string of the molecule is Cc1ccc2c(oc3ccccc32)c1N1C2CCN(c3ccccc3C2)C1C. The fraction of sp³-hybridized carbons (Fsp3) is 0.280. The smallest absolute Gasteiger partial charge is 0.159 e. The lowest BCUT2D eigenvalue weighted by atomic mass is 9.99. The number of rotatable bonds is 1. The van der Waals surface area contributed by atoms with Gasteiger partial charge in [0.1, 0.15) is 5.58 Å². The molecule has 140 valence electrons. The molecule has 3 aromatic carbocycles. The number of aryl methyl sites for hydroxylation is 1. The number of furan rings is 1. The van der Waals surface area contributed by atoms with Crippen molar-refractivity contribution >= 4 is 33.3 Å². The van der Waals surface area contributed by atoms with Crippen LogP contribution >= 0.6 is 0 Å². The predicted octanol–water partition coefficient (Wildman–Crippen LogP) is 5.88. The van der Waals surface area contributed by atoms with Crippen LogP contribution < -0.4 is 9.80 Å². The minimum Gasteiger partial charge on any atom is -0.454 e. The van der Waals surface area contributed by atoms with Gasteiger partial charge in [-0.2, -0.15) is 0 Å². The Morgan fingerprint density at radius 3 is 2.68 bits per heavy atom. The van der Waals surface area contributed by atoms with Gasteiger partial charge in [0.15, 0.2) is 5.58 Å². The van der Waals surface area contributed by atoms with Gasteiger partial charge in [-0.1, -0.05) is 48.5 Å². The maximum atomic E-state index is 6.43. The van der Waals surface area contributed by atoms with Crippen LogP contribution in [0.15, 0.2) is 65.1 Å². The molecule has 3 heteroatoms. The molecule has 0 spiro atoms. The lowest BCUT2D eigenvalue weighted by molar-refractivity contribution is 0.434. The number of benzene rings is 3. The van der Waals surface area contributed by atoms with Crippen LogP contribution in [0.4, 0.5) is 11.4 Å². The first-order valence-corrected chi connectivity index (χ1v) is 10.3. The summed E-state index contributed by atoms with van der Waals surface area (Å²) in [6.45, 7) is 5.68. The second-order valence-corrected chi connectivity index (χ2v) is 8.21. The van der Waals surface area contributed by atoms with Crippen molar-refractivity contribution in [3.8, 4) is 0 Å². The van der Waals surface area contributed by atoms with E-state index in [1.54, 1.807) is 0 Å². The molecule has 0 saturated carbocycles. The van der Waals surface area contributed by atoms with Crippen LogP contribution in [0, 0.1) is 6.92 Å². The monoisotopic (exact) mass is 368 g/mol. The molecule has 1 saturated heterocycles. The molecule has 0 radical (unpaired) electrons. The molecule has 3 aliphatic heterocycles. The fourth-order valence-corrected chi connectivity index (χ4v) is 5.37. The third-order valence-electron chi connectivity index (χ3n) is 6.69. The topological polar surface area (TPSA) is 19.6 Å². The molecule has 0 N–H and O–H groups in total. The normalized spacial score (nSPS) is 21.4. The first-order chi connectivity index (χ1) is 13.7. The third-order valence-corrected chi connectivity index (χ3v) is 6.69. The first kappa shape index (κ1) is 16.1. The lowest BCUT2D eigenvalue weighted by Gasteiger charge is -2.47. The Morgan fingerprint density at radius 1 is 0.929 bits per heavy atom. The summed E-state index contributed by atoms with van der Waals surface area (Å²) in [4.78, 5) is 5.20. The highest BCUT2D eigenvalue weighted by Gasteiger charge is 2.39. The summed E-state index contributed by atoms with van der Waals surface area (Å²) in [5.74, 6) is 0. The Hall–Kier alpha value is -2.94. The van der Waals surface area contributed by atoms with E-state index in [4.69, 9.17) is 4.42 Å². The van der Waals surface area contributed by atoms with E-state index in [2.05, 4.69) is 84.3 Å². The van der Waals surface area contributed by atoms with Crippen LogP contribution in [0.5, 0.6) is 0 Å². The zero-order valence-corrected chi connectivity index (χ0v) is 16.4. The summed E-state index contributed by atoms with van der Waals surface area (Å²) in [6, 6.07) is 22.3. The van der Waals surface area contributed by atoms with E-state index in [0.29, 0.717) is 12.2 Å². The molecule has 2 bridgehead atoms. The lowest BCUT2D eigenvalue weighted by Crippen LogP contribution is -2.56. The second kappa shape index (κ2) is 5.78. The van der Waals surface area contributed by atoms with Crippen molar-refractivity contribution in [2.75, 3.05) is 16.3 Å². The van der Waals surface area contributed by atoms with Crippen molar-refractivity contribution in [3.05, 3.63) is 71.8 Å². The summed E-state index contributed by atoms with van der Waals surface area (Å²) >= 11 is 0. The van der Waals surface area contributed by atoms with Gasteiger partial charge >= 0.3 is 0 Å². The van der Waals surface area contributed by atoms with E-state index >= 15 is 0 Å². The molecule has 1 aromatic heterocycles. The summed E-state index contributed by atoms with van der Waals surface area (Å²) in [7, 11) is 0. The van der Waals surface area contributed by atoms with E-state index in [1.165, 1.54) is 39.7 Å². The highest BCUT2D eigenvalue weighted by atomic mass is 16.3. The van der Waals surface area contributed by atoms with Gasteiger partial charge in [-0.25, -0.2) is 0 Å². The molecule has 2 unspecified atom stereocenters. The summed E-state index contributed by atoms with van der Waals surface area (Å²) in [5.41, 5.74) is 7.43. The molecule has 0 aliphatic carbocycles. The molecule has 7 rings (SSSR count). The van der Waals surface area contributed by atoms with E-state index in [0.717, 1.165) is 24.1 Å². The largest absolute Gasteiger partial charge is 0.454 e. The van der Waals surface area contributed by atoms with E-state index in [9.17, 15) is 0 Å². The summed E-state index contributed by atoms with van der Waals surface area (Å²) < 4.78 is 6.43. The van der Waals surface area contributed by atoms with Crippen molar-refractivity contribution in [1.82, 2.24) is 0 Å². The van der Waals surface area contributed by atoms with Gasteiger partial charge in [-0.05, 0) is 49.9 Å². The second-order valence-electron chi connectivity index (χ2n) is 8.21. The Morgan fingerprint density at radius 2 is 1.75 bits per heavy atom. The molecule has 28 heavy (non-hydrogen) atoms. The molecule has 1 fully saturated rings. The standard InChI is InChI=1S/C25H24N2O/c1-16-11-12-21-20-8-4-6-10-23(20)28-25(21)24(16)27-17(2)26-14-13-19(27)15-18-7-3-5-9-22(18)26/h3-12,17,19H,13-15H2,1-2H3. The van der Waals surface area contributed by atoms with Crippen molar-refractivity contribution in [2.45, 2.75) is 38.9 Å². The quantitative estimate of drug-likeness (QED) is 0.418. The van der Waals surface area contributed by atoms with Crippen LogP contribution in [0.25, 0.3) is 21.9 Å². The Bertz CT molecular complexity index is 1210. The first-order valence-electron chi connectivity index (χ1n) is 10.3. The van der Waals surface area contributed by atoms with Crippen molar-refractivity contribution < 1.29 is 4.42 Å². The van der Waals surface area contributed by atoms with Crippen LogP contribution in [-0.4, -0.2) is 18.8 Å². The van der Waals surface area contributed by atoms with Gasteiger partial charge in [-0.15, -0.1) is 0 Å². The molecule has 2 atom stereocenters. The van der Waals surface area contributed by atoms with Gasteiger partial charge in [0.25, 0.3) is 0 Å². The van der Waals surface area contributed by atoms with Gasteiger partial charge in [0.2, 0.25) is 0 Å². The highest BCUT2D eigenvalue weighted by molar-refractivity contribution is 6.09. The molecular formula is C25H24N2O. The van der Waals surface area contributed by atoms with Gasteiger partial charge < -0.3 is 14.2 Å². The number of anilines is 2. The zero-order chi connectivity index (χ0) is 18.8. The van der Waals surface area contributed by atoms with Crippen LogP contribution in [0.3, 0.4) is 0 Å². The number of hydrogen-bond acceptors (Lipinski definition) is 3. The average Bonchev–Trinajstić information content (AvgIpc) is 2.91. The van der Waals surface area contributed by atoms with Crippen molar-refractivity contribution in [3.63, 3.8) is 0 Å². The Labute approximate surface area is 165 Å². The average molecular weight is 368 g/mol. The van der Waals surface area contributed by atoms with Gasteiger partial charge in [-0.3, -0.25) is 0 Å². The molecular weight excluding hydrogens is 344 g/mol. The van der Waals surface area contributed by atoms with Crippen LogP contribution in [0.1, 0.15) is 24.5 Å². The fourth-order valence-electron chi connectivity index (χ4n) is 5.37. The number of para-hydroxylation sites is 2. The van der Waals surface area contributed by atoms with Gasteiger partial charge in [0.05, 0.1) is 11.9 Å². The minimum atomic E-state index is 0.305. The summed E-state index contributed by atoms with van der Waals surface area (Å²) in [6.07, 6.45) is 2.57. The third kappa shape index (κ3) is 2.10. The Balaban J connectivity index is 1.59. The molecule has 4 heterocycles. The highest BCUT2D eigenvalue weighted by Crippen LogP contribution is 2.44. The van der Waals surface area contributed by atoms with Crippen LogP contribution in [0.2, 0.25) is 0 Å². The van der Waals surface area contributed by atoms with Crippen LogP contribution in [-0.2, 0) is 6.42 Å². The zero-order valence-electron chi connectivity index (χ0n) is 16.4. The summed E-state index contributed by atoms with van der Waals surface area (Å²) in [5, 5.41) is 2.42. The van der Waals surface area contributed by atoms with Crippen molar-refractivity contribution in [1.29, 1.82) is 0 Å². The number of fused-ring (bicyclic) bond motifs is 5. The van der Waals surface area contributed by atoms with E-state index < -0.39 is 0 Å². The number of hydrogen-bond donors (Lipinski definition) is 0. The molecule has 3 nitrogen and oxygen atoms in total. The Kier molecular flexibility index (Phi) is 3.31. The predicted molar refractivity (Wildman–Crippen MR) is 116 cm³/mol. The molecule has 4 aromatic rings. The van der Waals surface area contributed by atoms with Gasteiger partial charge in [0, 0.05) is 29.0 Å².